The van der Waals surface area contributed by atoms with Gasteiger partial charge >= 0.3 is 6.03 Å². The van der Waals surface area contributed by atoms with Crippen molar-refractivity contribution in [1.82, 2.24) is 10.2 Å². The summed E-state index contributed by atoms with van der Waals surface area (Å²) in [5, 5.41) is 13.1. The number of benzene rings is 2. The van der Waals surface area contributed by atoms with Crippen molar-refractivity contribution < 1.29 is 14.6 Å². The summed E-state index contributed by atoms with van der Waals surface area (Å²) in [7, 11) is 3.71. The Hall–Kier alpha value is -2.73. The molecular formula is C24H31N3O3. The van der Waals surface area contributed by atoms with Gasteiger partial charge in [0, 0.05) is 31.7 Å². The van der Waals surface area contributed by atoms with Crippen molar-refractivity contribution in [2.45, 2.75) is 31.8 Å². The van der Waals surface area contributed by atoms with Crippen LogP contribution in [0, 0.1) is 5.92 Å². The number of carbonyl (C=O) groups is 1. The van der Waals surface area contributed by atoms with E-state index in [9.17, 15) is 9.90 Å². The number of nitrogens with zero attached hydrogens (tertiary/aromatic N) is 2. The predicted molar refractivity (Wildman–Crippen MR) is 119 cm³/mol. The first kappa shape index (κ1) is 20.5. The van der Waals surface area contributed by atoms with Crippen LogP contribution in [0.25, 0.3) is 11.1 Å². The molecule has 4 rings (SSSR count). The van der Waals surface area contributed by atoms with E-state index in [1.807, 2.05) is 24.1 Å². The van der Waals surface area contributed by atoms with Gasteiger partial charge in [0.2, 0.25) is 0 Å². The van der Waals surface area contributed by atoms with E-state index in [1.54, 1.807) is 7.11 Å². The zero-order chi connectivity index (χ0) is 21.3. The number of aliphatic hydroxyl groups is 1. The molecule has 1 fully saturated rings. The molecule has 0 bridgehead atoms. The van der Waals surface area contributed by atoms with Crippen LogP contribution in [0.15, 0.2) is 42.5 Å². The molecule has 2 aromatic rings. The number of hydrogen-bond acceptors (Lipinski definition) is 4. The fourth-order valence-corrected chi connectivity index (χ4v) is 4.98. The standard InChI is InChI=1S/C24H31N3O3/c1-4-12-25-24(29)27-13-11-19-22(15-28)26(2)21-10-7-17(14-20(21)23(19)27)16-5-8-18(30-3)9-6-16/h5-10,14,19,22-23,28H,4,11-13,15H2,1-3H3,(H,25,29)/t19-,22+,23-/m1/s1. The van der Waals surface area contributed by atoms with E-state index < -0.39 is 0 Å². The third-order valence-corrected chi connectivity index (χ3v) is 6.56. The monoisotopic (exact) mass is 409 g/mol. The van der Waals surface area contributed by atoms with Gasteiger partial charge in [-0.2, -0.15) is 0 Å². The lowest BCUT2D eigenvalue weighted by Crippen LogP contribution is -2.49. The van der Waals surface area contributed by atoms with Gasteiger partial charge in [-0.15, -0.1) is 0 Å². The number of carbonyl (C=O) groups excluding carboxylic acids is 1. The smallest absolute Gasteiger partial charge is 0.317 e. The Bertz CT molecular complexity index is 899. The van der Waals surface area contributed by atoms with Crippen LogP contribution in [0.1, 0.15) is 31.4 Å². The minimum Gasteiger partial charge on any atom is -0.497 e. The molecule has 2 amide bonds. The van der Waals surface area contributed by atoms with Crippen molar-refractivity contribution in [2.75, 3.05) is 38.8 Å². The number of amides is 2. The summed E-state index contributed by atoms with van der Waals surface area (Å²) < 4.78 is 5.28. The summed E-state index contributed by atoms with van der Waals surface area (Å²) in [6.07, 6.45) is 1.81. The summed E-state index contributed by atoms with van der Waals surface area (Å²) in [5.41, 5.74) is 4.47. The van der Waals surface area contributed by atoms with Crippen molar-refractivity contribution in [2.24, 2.45) is 5.92 Å². The van der Waals surface area contributed by atoms with Crippen LogP contribution < -0.4 is 15.0 Å². The highest BCUT2D eigenvalue weighted by atomic mass is 16.5. The SMILES string of the molecule is CCCNC(=O)N1CC[C@H]2[C@@H]1c1cc(-c3ccc(OC)cc3)ccc1N(C)[C@H]2CO. The molecule has 2 aliphatic rings. The normalized spacial score (nSPS) is 22.5. The van der Waals surface area contributed by atoms with Crippen molar-refractivity contribution in [3.8, 4) is 16.9 Å². The molecule has 0 aliphatic carbocycles. The summed E-state index contributed by atoms with van der Waals surface area (Å²) in [5.74, 6) is 1.04. The van der Waals surface area contributed by atoms with Gasteiger partial charge in [0.1, 0.15) is 5.75 Å². The Labute approximate surface area is 178 Å². The van der Waals surface area contributed by atoms with Crippen LogP contribution in [0.2, 0.25) is 0 Å². The lowest BCUT2D eigenvalue weighted by molar-refractivity contribution is 0.161. The van der Waals surface area contributed by atoms with Gasteiger partial charge in [0.15, 0.2) is 0 Å². The molecule has 0 radical (unpaired) electrons. The number of rotatable bonds is 5. The molecule has 6 nitrogen and oxygen atoms in total. The first-order valence-corrected chi connectivity index (χ1v) is 10.8. The maximum atomic E-state index is 12.9. The van der Waals surface area contributed by atoms with Crippen molar-refractivity contribution in [3.63, 3.8) is 0 Å². The van der Waals surface area contributed by atoms with E-state index in [1.165, 1.54) is 0 Å². The average Bonchev–Trinajstić information content (AvgIpc) is 3.23. The van der Waals surface area contributed by atoms with E-state index in [2.05, 4.69) is 47.5 Å². The van der Waals surface area contributed by atoms with Gasteiger partial charge < -0.3 is 25.0 Å². The number of methoxy groups -OCH3 is 1. The van der Waals surface area contributed by atoms with Crippen molar-refractivity contribution >= 4 is 11.7 Å². The van der Waals surface area contributed by atoms with Gasteiger partial charge in [-0.25, -0.2) is 4.79 Å². The number of aliphatic hydroxyl groups excluding tert-OH is 1. The molecule has 6 heteroatoms. The lowest BCUT2D eigenvalue weighted by atomic mass is 9.81. The molecule has 1 saturated heterocycles. The summed E-state index contributed by atoms with van der Waals surface area (Å²) in [4.78, 5) is 17.0. The molecule has 0 aromatic heterocycles. The highest BCUT2D eigenvalue weighted by molar-refractivity contribution is 5.77. The maximum absolute atomic E-state index is 12.9. The molecule has 160 valence electrons. The third-order valence-electron chi connectivity index (χ3n) is 6.56. The second-order valence-electron chi connectivity index (χ2n) is 8.19. The maximum Gasteiger partial charge on any atom is 0.317 e. The molecule has 0 spiro atoms. The fraction of sp³-hybridized carbons (Fsp3) is 0.458. The highest BCUT2D eigenvalue weighted by Crippen LogP contribution is 2.49. The molecule has 30 heavy (non-hydrogen) atoms. The molecule has 3 atom stereocenters. The van der Waals surface area contributed by atoms with Crippen LogP contribution in [-0.2, 0) is 0 Å². The quantitative estimate of drug-likeness (QED) is 0.791. The molecule has 0 unspecified atom stereocenters. The van der Waals surface area contributed by atoms with E-state index in [0.29, 0.717) is 13.1 Å². The Morgan fingerprint density at radius 1 is 1.20 bits per heavy atom. The predicted octanol–water partition coefficient (Wildman–Crippen LogP) is 3.66. The van der Waals surface area contributed by atoms with E-state index in [0.717, 1.165) is 41.0 Å². The number of nitrogens with one attached hydrogen (secondary N) is 1. The Morgan fingerprint density at radius 3 is 2.60 bits per heavy atom. The topological polar surface area (TPSA) is 65.0 Å². The number of urea groups is 1. The molecular weight excluding hydrogens is 378 g/mol. The van der Waals surface area contributed by atoms with Gasteiger partial charge in [-0.1, -0.05) is 25.1 Å². The van der Waals surface area contributed by atoms with Crippen LogP contribution in [0.3, 0.4) is 0 Å². The van der Waals surface area contributed by atoms with Crippen molar-refractivity contribution in [1.29, 1.82) is 0 Å². The Kier molecular flexibility index (Phi) is 5.86. The van der Waals surface area contributed by atoms with E-state index in [-0.39, 0.29) is 30.6 Å². The molecule has 2 aliphatic heterocycles. The number of likely N-dealkylation sites (N-methyl/N-ethyl adjacent to an activating group) is 1. The highest BCUT2D eigenvalue weighted by Gasteiger charge is 2.47. The zero-order valence-electron chi connectivity index (χ0n) is 18.0. The summed E-state index contributed by atoms with van der Waals surface area (Å²) in [6.45, 7) is 3.53. The fourth-order valence-electron chi connectivity index (χ4n) is 4.98. The third kappa shape index (κ3) is 3.49. The van der Waals surface area contributed by atoms with Gasteiger partial charge in [0.05, 0.1) is 25.8 Å². The lowest BCUT2D eigenvalue weighted by Gasteiger charge is -2.44. The average molecular weight is 410 g/mol. The second kappa shape index (κ2) is 8.56. The van der Waals surface area contributed by atoms with Gasteiger partial charge in [0.25, 0.3) is 0 Å². The van der Waals surface area contributed by atoms with Crippen LogP contribution >= 0.6 is 0 Å². The summed E-state index contributed by atoms with van der Waals surface area (Å²) >= 11 is 0. The minimum absolute atomic E-state index is 0.00797. The number of likely N-dealkylation sites (tertiary alicyclic amines) is 1. The summed E-state index contributed by atoms with van der Waals surface area (Å²) in [6, 6.07) is 14.5. The minimum atomic E-state index is -0.0246. The van der Waals surface area contributed by atoms with Gasteiger partial charge in [-0.3, -0.25) is 0 Å². The Balaban J connectivity index is 1.75. The van der Waals surface area contributed by atoms with Gasteiger partial charge in [-0.05, 0) is 53.8 Å². The largest absolute Gasteiger partial charge is 0.497 e. The van der Waals surface area contributed by atoms with E-state index >= 15 is 0 Å². The number of fused-ring (bicyclic) bond motifs is 3. The van der Waals surface area contributed by atoms with E-state index in [4.69, 9.17) is 4.74 Å². The number of anilines is 1. The Morgan fingerprint density at radius 2 is 1.93 bits per heavy atom. The zero-order valence-corrected chi connectivity index (χ0v) is 18.0. The molecule has 2 N–H and O–H groups in total. The second-order valence-corrected chi connectivity index (χ2v) is 8.19. The molecule has 2 heterocycles. The first-order valence-electron chi connectivity index (χ1n) is 10.8. The first-order chi connectivity index (χ1) is 14.6. The number of ether oxygens (including phenoxy) is 1. The molecule has 0 saturated carbocycles. The van der Waals surface area contributed by atoms with Crippen molar-refractivity contribution in [3.05, 3.63) is 48.0 Å². The van der Waals surface area contributed by atoms with Crippen LogP contribution in [0.5, 0.6) is 5.75 Å². The van der Waals surface area contributed by atoms with Crippen LogP contribution in [0.4, 0.5) is 10.5 Å². The van der Waals surface area contributed by atoms with Crippen LogP contribution in [-0.4, -0.2) is 55.9 Å². The number of hydrogen-bond donors (Lipinski definition) is 2. The molecule has 2 aromatic carbocycles.